The summed E-state index contributed by atoms with van der Waals surface area (Å²) in [5.74, 6) is -3.78. The highest BCUT2D eigenvalue weighted by Crippen LogP contribution is 2.32. The Morgan fingerprint density at radius 1 is 1.16 bits per heavy atom. The largest absolute Gasteiger partial charge is 0.393 e. The number of halogens is 3. The molecule has 1 saturated carbocycles. The van der Waals surface area contributed by atoms with E-state index in [1.165, 1.54) is 10.8 Å². The van der Waals surface area contributed by atoms with Crippen molar-refractivity contribution in [3.63, 3.8) is 0 Å². The average molecular weight is 454 g/mol. The van der Waals surface area contributed by atoms with Crippen molar-refractivity contribution in [1.82, 2.24) is 19.5 Å². The molecule has 0 radical (unpaired) electrons. The number of nitrogens with zero attached hydrogens (tertiary/aromatic N) is 4. The molecule has 3 atom stereocenters. The number of imidazole rings is 1. The first-order chi connectivity index (χ1) is 17.7. The lowest BCUT2D eigenvalue weighted by Gasteiger charge is -2.26. The predicted molar refractivity (Wildman–Crippen MR) is 111 cm³/mol. The van der Waals surface area contributed by atoms with Gasteiger partial charge >= 0.3 is 0 Å². The first kappa shape index (κ1) is 15.0. The van der Waals surface area contributed by atoms with Crippen molar-refractivity contribution in [2.24, 2.45) is 0 Å². The van der Waals surface area contributed by atoms with Gasteiger partial charge in [-0.15, -0.1) is 0 Å². The summed E-state index contributed by atoms with van der Waals surface area (Å²) in [6, 6.07) is -1.71. The number of fused-ring (bicyclic) bond motifs is 1. The maximum absolute atomic E-state index is 14.4. The molecule has 1 saturated heterocycles. The van der Waals surface area contributed by atoms with Crippen molar-refractivity contribution in [2.75, 3.05) is 23.8 Å². The molecule has 1 aromatic carbocycles. The second-order valence-corrected chi connectivity index (χ2v) is 7.39. The molecule has 0 bridgehead atoms. The molecule has 3 N–H and O–H groups in total. The Morgan fingerprint density at radius 3 is 2.72 bits per heavy atom. The van der Waals surface area contributed by atoms with Crippen LogP contribution in [0.2, 0.25) is 0 Å². The van der Waals surface area contributed by atoms with Gasteiger partial charge in [-0.3, -0.25) is 4.57 Å². The minimum atomic E-state index is -3.11. The van der Waals surface area contributed by atoms with Gasteiger partial charge < -0.3 is 20.5 Å². The third kappa shape index (κ3) is 4.09. The van der Waals surface area contributed by atoms with Crippen LogP contribution in [0.4, 0.5) is 30.8 Å². The summed E-state index contributed by atoms with van der Waals surface area (Å²) >= 11 is 0. The van der Waals surface area contributed by atoms with Gasteiger partial charge in [0, 0.05) is 30.2 Å². The van der Waals surface area contributed by atoms with Gasteiger partial charge in [0.2, 0.25) is 11.9 Å². The second kappa shape index (κ2) is 8.55. The molecule has 3 unspecified atom stereocenters. The van der Waals surface area contributed by atoms with Crippen LogP contribution in [0, 0.1) is 17.5 Å². The maximum Gasteiger partial charge on any atom is 0.224 e. The highest BCUT2D eigenvalue weighted by atomic mass is 19.1. The molecule has 2 aliphatic rings. The first-order valence-corrected chi connectivity index (χ1v) is 9.92. The minimum absolute atomic E-state index is 0.0458. The Balaban J connectivity index is 1.56. The van der Waals surface area contributed by atoms with Crippen LogP contribution in [0.25, 0.3) is 11.2 Å². The summed E-state index contributed by atoms with van der Waals surface area (Å²) in [4.78, 5) is 12.7. The Morgan fingerprint density at radius 2 is 1.97 bits per heavy atom. The smallest absolute Gasteiger partial charge is 0.224 e. The molecule has 0 spiro atoms. The molecular weight excluding hydrogens is 425 g/mol. The van der Waals surface area contributed by atoms with Crippen LogP contribution in [0.5, 0.6) is 0 Å². The van der Waals surface area contributed by atoms with E-state index in [4.69, 9.17) is 13.0 Å². The van der Waals surface area contributed by atoms with Gasteiger partial charge in [-0.2, -0.15) is 4.98 Å². The third-order valence-corrected chi connectivity index (χ3v) is 5.18. The van der Waals surface area contributed by atoms with Crippen molar-refractivity contribution in [3.8, 4) is 0 Å². The van der Waals surface area contributed by atoms with E-state index in [1.54, 1.807) is 0 Å². The summed E-state index contributed by atoms with van der Waals surface area (Å²) in [5, 5.41) is 15.2. The minimum Gasteiger partial charge on any atom is -0.393 e. The number of benzene rings is 1. The van der Waals surface area contributed by atoms with E-state index in [2.05, 4.69) is 25.6 Å². The zero-order valence-corrected chi connectivity index (χ0v) is 16.6. The topological polar surface area (TPSA) is 97.1 Å². The molecule has 1 aliphatic heterocycles. The number of aliphatic hydroxyl groups is 1. The predicted octanol–water partition coefficient (Wildman–Crippen LogP) is 3.66. The fourth-order valence-corrected chi connectivity index (χ4v) is 3.63. The summed E-state index contributed by atoms with van der Waals surface area (Å²) < 4.78 is 98.1. The summed E-state index contributed by atoms with van der Waals surface area (Å²) in [6.07, 6.45) is -8.15. The summed E-state index contributed by atoms with van der Waals surface area (Å²) in [7, 11) is 0. The molecule has 8 nitrogen and oxygen atoms in total. The number of anilines is 3. The molecular formula is C21H23F3N6O2. The van der Waals surface area contributed by atoms with Crippen LogP contribution in [0.1, 0.15) is 46.3 Å². The Kier molecular flexibility index (Phi) is 4.01. The second-order valence-electron chi connectivity index (χ2n) is 7.39. The number of hydrogen-bond acceptors (Lipinski definition) is 7. The fraction of sp³-hybridized carbons (Fsp3) is 0.476. The highest BCUT2D eigenvalue weighted by molar-refractivity contribution is 5.76. The number of aromatic nitrogens is 4. The van der Waals surface area contributed by atoms with Crippen LogP contribution in [-0.4, -0.2) is 49.9 Å². The lowest BCUT2D eigenvalue weighted by Crippen LogP contribution is -2.29. The molecule has 3 heterocycles. The van der Waals surface area contributed by atoms with E-state index < -0.39 is 60.8 Å². The Hall–Kier alpha value is -2.92. The Labute approximate surface area is 190 Å². The number of nitrogens with one attached hydrogen (secondary N) is 2. The fourth-order valence-electron chi connectivity index (χ4n) is 3.63. The van der Waals surface area contributed by atoms with E-state index >= 15 is 0 Å². The summed E-state index contributed by atoms with van der Waals surface area (Å²) in [6.45, 7) is 0.606. The molecule has 170 valence electrons. The highest BCUT2D eigenvalue weighted by Gasteiger charge is 2.27. The quantitative estimate of drug-likeness (QED) is 0.541. The number of ether oxygens (including phenoxy) is 1. The monoisotopic (exact) mass is 454 g/mol. The van der Waals surface area contributed by atoms with E-state index in [-0.39, 0.29) is 35.7 Å². The van der Waals surface area contributed by atoms with Crippen molar-refractivity contribution in [2.45, 2.75) is 50.1 Å². The van der Waals surface area contributed by atoms with E-state index in [9.17, 15) is 18.3 Å². The lowest BCUT2D eigenvalue weighted by molar-refractivity contribution is 0.126. The molecule has 1 aliphatic carbocycles. The molecule has 32 heavy (non-hydrogen) atoms. The zero-order valence-electron chi connectivity index (χ0n) is 22.6. The van der Waals surface area contributed by atoms with Crippen LogP contribution in [0.3, 0.4) is 0 Å². The van der Waals surface area contributed by atoms with Crippen molar-refractivity contribution in [3.05, 3.63) is 35.8 Å². The molecule has 2 fully saturated rings. The lowest BCUT2D eigenvalue weighted by atomic mass is 9.93. The van der Waals surface area contributed by atoms with Gasteiger partial charge in [0.1, 0.15) is 17.0 Å². The van der Waals surface area contributed by atoms with E-state index in [0.717, 1.165) is 0 Å². The molecule has 5 rings (SSSR count). The summed E-state index contributed by atoms with van der Waals surface area (Å²) in [5.41, 5.74) is -0.323. The van der Waals surface area contributed by atoms with E-state index in [1.807, 2.05) is 0 Å². The molecule has 0 amide bonds. The SMILES string of the molecule is [2H]C1(O)CCC([2H])(Nc2ncc3nc(Nc4c(F)cc(F)cc4F)n(C4CCOC4)c3n2)C([2H])([2H])C1([2H])[2H]. The van der Waals surface area contributed by atoms with Gasteiger partial charge in [0.15, 0.2) is 17.3 Å². The average Bonchev–Trinajstić information content (AvgIpc) is 3.46. The zero-order chi connectivity index (χ0) is 27.7. The Bertz CT molecular complexity index is 1380. The van der Waals surface area contributed by atoms with Crippen LogP contribution in [-0.2, 0) is 4.74 Å². The van der Waals surface area contributed by atoms with Gasteiger partial charge in [0.05, 0.1) is 27.7 Å². The number of hydrogen-bond donors (Lipinski definition) is 3. The maximum atomic E-state index is 14.4. The standard InChI is InChI=1S/C21H23F3N6O2/c22-11-7-15(23)18(16(24)8-11)28-21-27-17-9-25-20(26-12-1-3-14(31)4-2-12)29-19(17)30(21)13-5-6-32-10-13/h7-9,12-14,31H,1-6,10H2,(H,27,28)(H,25,26,29)/i1D2,3D2,12D,14D. The number of rotatable bonds is 5. The van der Waals surface area contributed by atoms with Crippen LogP contribution < -0.4 is 10.6 Å². The third-order valence-electron chi connectivity index (χ3n) is 5.18. The van der Waals surface area contributed by atoms with Gasteiger partial charge in [0.25, 0.3) is 0 Å². The van der Waals surface area contributed by atoms with E-state index in [0.29, 0.717) is 25.2 Å². The van der Waals surface area contributed by atoms with Gasteiger partial charge in [-0.25, -0.2) is 23.1 Å². The normalized spacial score (nSPS) is 34.1. The molecule has 3 aromatic rings. The van der Waals surface area contributed by atoms with Crippen LogP contribution in [0.15, 0.2) is 18.3 Å². The van der Waals surface area contributed by atoms with Crippen molar-refractivity contribution in [1.29, 1.82) is 0 Å². The first-order valence-electron chi connectivity index (χ1n) is 12.9. The molecule has 11 heteroatoms. The molecule has 2 aromatic heterocycles. The van der Waals surface area contributed by atoms with Crippen molar-refractivity contribution >= 4 is 28.7 Å². The van der Waals surface area contributed by atoms with Crippen LogP contribution >= 0.6 is 0 Å². The van der Waals surface area contributed by atoms with Gasteiger partial charge in [-0.05, 0) is 32.0 Å². The van der Waals surface area contributed by atoms with Crippen molar-refractivity contribution < 1.29 is 31.2 Å². The van der Waals surface area contributed by atoms with Gasteiger partial charge in [-0.1, -0.05) is 0 Å².